The van der Waals surface area contributed by atoms with E-state index in [1.165, 1.54) is 6.42 Å². The number of rotatable bonds is 5. The largest absolute Gasteiger partial charge is 0.480 e. The van der Waals surface area contributed by atoms with E-state index in [0.717, 1.165) is 12.2 Å². The first-order valence-electron chi connectivity index (χ1n) is 6.18. The molecule has 1 fully saturated rings. The van der Waals surface area contributed by atoms with E-state index in [-0.39, 0.29) is 6.04 Å². The standard InChI is InChI=1S/C13H21N3O/c1-5-14-10(9-8-13(9,2)3)11-12(17-4)16-7-6-15-11/h6-7,9-10,14H,5,8H2,1-4H3. The number of methoxy groups -OCH3 is 1. The van der Waals surface area contributed by atoms with Gasteiger partial charge < -0.3 is 10.1 Å². The summed E-state index contributed by atoms with van der Waals surface area (Å²) < 4.78 is 5.31. The summed E-state index contributed by atoms with van der Waals surface area (Å²) in [5.41, 5.74) is 1.34. The molecule has 2 unspecified atom stereocenters. The molecule has 2 rings (SSSR count). The van der Waals surface area contributed by atoms with Crippen molar-refractivity contribution in [2.75, 3.05) is 13.7 Å². The number of ether oxygens (including phenoxy) is 1. The van der Waals surface area contributed by atoms with Crippen LogP contribution in [0.1, 0.15) is 38.9 Å². The number of aromatic nitrogens is 2. The molecular formula is C13H21N3O. The molecule has 0 bridgehead atoms. The van der Waals surface area contributed by atoms with Crippen molar-refractivity contribution < 1.29 is 4.74 Å². The second-order valence-corrected chi connectivity index (χ2v) is 5.29. The third-order valence-electron chi connectivity index (χ3n) is 3.60. The molecule has 2 atom stereocenters. The molecule has 0 radical (unpaired) electrons. The highest BCUT2D eigenvalue weighted by atomic mass is 16.5. The third kappa shape index (κ3) is 2.41. The highest BCUT2D eigenvalue weighted by molar-refractivity contribution is 5.25. The van der Waals surface area contributed by atoms with Gasteiger partial charge in [-0.15, -0.1) is 0 Å². The van der Waals surface area contributed by atoms with Crippen LogP contribution in [0.4, 0.5) is 0 Å². The maximum absolute atomic E-state index is 5.31. The molecule has 1 heterocycles. The lowest BCUT2D eigenvalue weighted by atomic mass is 10.0. The minimum Gasteiger partial charge on any atom is -0.480 e. The van der Waals surface area contributed by atoms with E-state index in [1.807, 2.05) is 0 Å². The lowest BCUT2D eigenvalue weighted by molar-refractivity contribution is 0.358. The lowest BCUT2D eigenvalue weighted by Crippen LogP contribution is -2.26. The average molecular weight is 235 g/mol. The van der Waals surface area contributed by atoms with Crippen LogP contribution in [-0.2, 0) is 0 Å². The van der Waals surface area contributed by atoms with Crippen LogP contribution < -0.4 is 10.1 Å². The molecule has 0 saturated heterocycles. The van der Waals surface area contributed by atoms with E-state index in [2.05, 4.69) is 36.1 Å². The van der Waals surface area contributed by atoms with E-state index in [1.54, 1.807) is 19.5 Å². The summed E-state index contributed by atoms with van der Waals surface area (Å²) in [7, 11) is 1.65. The Kier molecular flexibility index (Phi) is 3.33. The molecule has 0 aliphatic heterocycles. The van der Waals surface area contributed by atoms with Crippen molar-refractivity contribution in [3.8, 4) is 5.88 Å². The van der Waals surface area contributed by atoms with Crippen LogP contribution in [0.5, 0.6) is 5.88 Å². The lowest BCUT2D eigenvalue weighted by Gasteiger charge is -2.20. The van der Waals surface area contributed by atoms with E-state index in [0.29, 0.717) is 17.2 Å². The fourth-order valence-electron chi connectivity index (χ4n) is 2.43. The van der Waals surface area contributed by atoms with Gasteiger partial charge in [0.15, 0.2) is 0 Å². The SMILES string of the molecule is CCNC(c1nccnc1OC)C1CC1(C)C. The van der Waals surface area contributed by atoms with Crippen LogP contribution in [0, 0.1) is 11.3 Å². The van der Waals surface area contributed by atoms with Crippen LogP contribution in [0.15, 0.2) is 12.4 Å². The molecule has 0 amide bonds. The van der Waals surface area contributed by atoms with Crippen molar-refractivity contribution in [3.63, 3.8) is 0 Å². The zero-order valence-electron chi connectivity index (χ0n) is 11.0. The van der Waals surface area contributed by atoms with Crippen LogP contribution in [0.2, 0.25) is 0 Å². The zero-order valence-corrected chi connectivity index (χ0v) is 11.0. The van der Waals surface area contributed by atoms with Crippen molar-refractivity contribution in [2.45, 2.75) is 33.2 Å². The molecular weight excluding hydrogens is 214 g/mol. The van der Waals surface area contributed by atoms with Gasteiger partial charge in [0.1, 0.15) is 5.69 Å². The fourth-order valence-corrected chi connectivity index (χ4v) is 2.43. The quantitative estimate of drug-likeness (QED) is 0.849. The first-order chi connectivity index (χ1) is 8.10. The molecule has 4 nitrogen and oxygen atoms in total. The highest BCUT2D eigenvalue weighted by Gasteiger charge is 2.51. The fraction of sp³-hybridized carbons (Fsp3) is 0.692. The van der Waals surface area contributed by atoms with Crippen molar-refractivity contribution in [2.24, 2.45) is 11.3 Å². The monoisotopic (exact) mass is 235 g/mol. The topological polar surface area (TPSA) is 47.0 Å². The summed E-state index contributed by atoms with van der Waals surface area (Å²) in [6.45, 7) is 7.64. The maximum Gasteiger partial charge on any atom is 0.237 e. The van der Waals surface area contributed by atoms with Gasteiger partial charge >= 0.3 is 0 Å². The van der Waals surface area contributed by atoms with Crippen LogP contribution in [-0.4, -0.2) is 23.6 Å². The normalized spacial score (nSPS) is 23.2. The van der Waals surface area contributed by atoms with Gasteiger partial charge in [-0.2, -0.15) is 0 Å². The minimum atomic E-state index is 0.249. The van der Waals surface area contributed by atoms with Gasteiger partial charge in [-0.3, -0.25) is 4.98 Å². The van der Waals surface area contributed by atoms with E-state index < -0.39 is 0 Å². The molecule has 4 heteroatoms. The number of hydrogen-bond donors (Lipinski definition) is 1. The van der Waals surface area contributed by atoms with Crippen LogP contribution in [0.3, 0.4) is 0 Å². The number of nitrogens with zero attached hydrogens (tertiary/aromatic N) is 2. The smallest absolute Gasteiger partial charge is 0.237 e. The molecule has 1 aromatic heterocycles. The van der Waals surface area contributed by atoms with Gasteiger partial charge in [-0.1, -0.05) is 20.8 Å². The van der Waals surface area contributed by atoms with Crippen molar-refractivity contribution in [1.29, 1.82) is 0 Å². The number of hydrogen-bond acceptors (Lipinski definition) is 4. The molecule has 1 aliphatic carbocycles. The molecule has 0 spiro atoms. The van der Waals surface area contributed by atoms with E-state index in [4.69, 9.17) is 4.74 Å². The van der Waals surface area contributed by atoms with Gasteiger partial charge in [-0.25, -0.2) is 4.98 Å². The zero-order chi connectivity index (χ0) is 12.5. The maximum atomic E-state index is 5.31. The van der Waals surface area contributed by atoms with Gasteiger partial charge in [0, 0.05) is 12.4 Å². The predicted octanol–water partition coefficient (Wildman–Crippen LogP) is 2.18. The van der Waals surface area contributed by atoms with Crippen molar-refractivity contribution in [1.82, 2.24) is 15.3 Å². The van der Waals surface area contributed by atoms with Gasteiger partial charge in [0.05, 0.1) is 13.2 Å². The molecule has 17 heavy (non-hydrogen) atoms. The predicted molar refractivity (Wildman–Crippen MR) is 66.9 cm³/mol. The van der Waals surface area contributed by atoms with Crippen molar-refractivity contribution in [3.05, 3.63) is 18.1 Å². The van der Waals surface area contributed by atoms with Gasteiger partial charge in [0.2, 0.25) is 5.88 Å². The Labute approximate surface area is 103 Å². The Morgan fingerprint density at radius 3 is 2.65 bits per heavy atom. The Morgan fingerprint density at radius 1 is 1.47 bits per heavy atom. The summed E-state index contributed by atoms with van der Waals surface area (Å²) in [4.78, 5) is 8.68. The number of nitrogens with one attached hydrogen (secondary N) is 1. The van der Waals surface area contributed by atoms with Gasteiger partial charge in [0.25, 0.3) is 0 Å². The summed E-state index contributed by atoms with van der Waals surface area (Å²) in [5.74, 6) is 1.26. The molecule has 0 aromatic carbocycles. The Bertz CT molecular complexity index is 392. The highest BCUT2D eigenvalue weighted by Crippen LogP contribution is 2.58. The average Bonchev–Trinajstić information content (AvgIpc) is 2.95. The second-order valence-electron chi connectivity index (χ2n) is 5.29. The van der Waals surface area contributed by atoms with E-state index in [9.17, 15) is 0 Å². The molecule has 1 aliphatic rings. The second kappa shape index (κ2) is 4.61. The van der Waals surface area contributed by atoms with Crippen LogP contribution in [0.25, 0.3) is 0 Å². The first kappa shape index (κ1) is 12.3. The molecule has 1 N–H and O–H groups in total. The third-order valence-corrected chi connectivity index (χ3v) is 3.60. The summed E-state index contributed by atoms with van der Waals surface area (Å²) in [6, 6.07) is 0.249. The Balaban J connectivity index is 2.27. The first-order valence-corrected chi connectivity index (χ1v) is 6.18. The summed E-state index contributed by atoms with van der Waals surface area (Å²) in [5, 5.41) is 3.51. The summed E-state index contributed by atoms with van der Waals surface area (Å²) >= 11 is 0. The minimum absolute atomic E-state index is 0.249. The van der Waals surface area contributed by atoms with Crippen LogP contribution >= 0.6 is 0 Å². The molecule has 94 valence electrons. The van der Waals surface area contributed by atoms with E-state index >= 15 is 0 Å². The van der Waals surface area contributed by atoms with Crippen molar-refractivity contribution >= 4 is 0 Å². The Hall–Kier alpha value is -1.16. The Morgan fingerprint density at radius 2 is 2.12 bits per heavy atom. The van der Waals surface area contributed by atoms with Gasteiger partial charge in [-0.05, 0) is 24.3 Å². The summed E-state index contributed by atoms with van der Waals surface area (Å²) in [6.07, 6.45) is 4.63. The molecule has 1 saturated carbocycles. The molecule has 1 aromatic rings.